The van der Waals surface area contributed by atoms with E-state index in [1.807, 2.05) is 13.8 Å². The molecule has 0 bridgehead atoms. The third-order valence-electron chi connectivity index (χ3n) is 4.76. The van der Waals surface area contributed by atoms with Crippen LogP contribution in [0.2, 0.25) is 0 Å². The lowest BCUT2D eigenvalue weighted by Crippen LogP contribution is -2.42. The Bertz CT molecular complexity index is 953. The lowest BCUT2D eigenvalue weighted by Gasteiger charge is -2.30. The van der Waals surface area contributed by atoms with Crippen molar-refractivity contribution in [3.8, 4) is 0 Å². The van der Waals surface area contributed by atoms with Gasteiger partial charge in [0.05, 0.1) is 0 Å². The molecule has 10 heteroatoms. The maximum absolute atomic E-state index is 12.1. The van der Waals surface area contributed by atoms with Crippen molar-refractivity contribution < 1.29 is 38.1 Å². The van der Waals surface area contributed by atoms with Crippen LogP contribution in [-0.4, -0.2) is 35.5 Å². The molecule has 0 aliphatic carbocycles. The van der Waals surface area contributed by atoms with Crippen LogP contribution in [0.3, 0.4) is 0 Å². The Morgan fingerprint density at radius 1 is 0.625 bits per heavy atom. The number of cyclic esters (lactones) is 4. The molecule has 10 nitrogen and oxygen atoms in total. The average Bonchev–Trinajstić information content (AvgIpc) is 2.63. The van der Waals surface area contributed by atoms with Crippen LogP contribution in [0.1, 0.15) is 38.8 Å². The number of carbonyl (C=O) groups excluding carboxylic acids is 4. The fourth-order valence-electron chi connectivity index (χ4n) is 2.99. The topological polar surface area (TPSA) is 129 Å². The summed E-state index contributed by atoms with van der Waals surface area (Å²) in [7, 11) is 0. The predicted octanol–water partition coefficient (Wildman–Crippen LogP) is 2.57. The highest BCUT2D eigenvalue weighted by Crippen LogP contribution is 2.28. The summed E-state index contributed by atoms with van der Waals surface area (Å²) in [5, 5.41) is 5.82. The SMILES string of the molecule is Cc1c(NC=C2C(=O)OC(C)(C)OC2=O)ccc(NC=C2C(=O)OC(C)(C)OC2=O)c1C. The van der Waals surface area contributed by atoms with Crippen LogP contribution in [-0.2, 0) is 38.1 Å². The molecule has 0 aromatic heterocycles. The van der Waals surface area contributed by atoms with E-state index in [2.05, 4.69) is 10.6 Å². The van der Waals surface area contributed by atoms with Crippen molar-refractivity contribution in [2.75, 3.05) is 10.6 Å². The molecule has 2 aliphatic heterocycles. The second-order valence-electron chi connectivity index (χ2n) is 8.17. The molecule has 32 heavy (non-hydrogen) atoms. The van der Waals surface area contributed by atoms with Crippen LogP contribution in [0.4, 0.5) is 11.4 Å². The maximum atomic E-state index is 12.1. The highest BCUT2D eigenvalue weighted by molar-refractivity contribution is 6.16. The highest BCUT2D eigenvalue weighted by Gasteiger charge is 2.40. The van der Waals surface area contributed by atoms with Crippen molar-refractivity contribution in [2.24, 2.45) is 0 Å². The van der Waals surface area contributed by atoms with Gasteiger partial charge < -0.3 is 29.6 Å². The third kappa shape index (κ3) is 4.74. The number of ether oxygens (including phenoxy) is 4. The standard InChI is InChI=1S/C22H24N2O8/c1-11-12(2)16(24-10-14-19(27)31-22(5,6)32-20(14)28)8-7-15(11)23-9-13-17(25)29-21(3,4)30-18(13)26/h7-10,23-24H,1-6H3. The molecule has 0 radical (unpaired) electrons. The Balaban J connectivity index is 1.76. The van der Waals surface area contributed by atoms with E-state index in [0.29, 0.717) is 11.4 Å². The number of hydrogen-bond donors (Lipinski definition) is 2. The summed E-state index contributed by atoms with van der Waals surface area (Å²) in [5.74, 6) is -5.76. The van der Waals surface area contributed by atoms with Crippen molar-refractivity contribution in [3.63, 3.8) is 0 Å². The summed E-state index contributed by atoms with van der Waals surface area (Å²) in [6.07, 6.45) is 2.46. The molecule has 2 saturated heterocycles. The zero-order chi connectivity index (χ0) is 23.8. The second-order valence-corrected chi connectivity index (χ2v) is 8.17. The van der Waals surface area contributed by atoms with Crippen molar-refractivity contribution in [3.05, 3.63) is 46.8 Å². The minimum Gasteiger partial charge on any atom is -0.419 e. The summed E-state index contributed by atoms with van der Waals surface area (Å²) < 4.78 is 20.2. The van der Waals surface area contributed by atoms with Gasteiger partial charge in [0.2, 0.25) is 0 Å². The van der Waals surface area contributed by atoms with Gasteiger partial charge in [-0.3, -0.25) is 0 Å². The molecule has 0 spiro atoms. The molecule has 1 aromatic rings. The number of carbonyl (C=O) groups is 4. The molecule has 0 amide bonds. The van der Waals surface area contributed by atoms with Gasteiger partial charge >= 0.3 is 23.9 Å². The number of esters is 4. The van der Waals surface area contributed by atoms with Crippen LogP contribution in [0.5, 0.6) is 0 Å². The Morgan fingerprint density at radius 2 is 0.906 bits per heavy atom. The van der Waals surface area contributed by atoms with Crippen molar-refractivity contribution in [2.45, 2.75) is 53.1 Å². The van der Waals surface area contributed by atoms with Crippen LogP contribution in [0, 0.1) is 13.8 Å². The smallest absolute Gasteiger partial charge is 0.350 e. The minimum atomic E-state index is -1.31. The lowest BCUT2D eigenvalue weighted by molar-refractivity contribution is -0.224. The third-order valence-corrected chi connectivity index (χ3v) is 4.76. The molecule has 3 rings (SSSR count). The van der Waals surface area contributed by atoms with Gasteiger partial charge in [-0.2, -0.15) is 0 Å². The van der Waals surface area contributed by atoms with E-state index >= 15 is 0 Å². The summed E-state index contributed by atoms with van der Waals surface area (Å²) in [5.41, 5.74) is 2.31. The first-order valence-electron chi connectivity index (χ1n) is 9.76. The quantitative estimate of drug-likeness (QED) is 0.406. The second kappa shape index (κ2) is 8.03. The van der Waals surface area contributed by atoms with Gasteiger partial charge in [-0.25, -0.2) is 19.2 Å². The van der Waals surface area contributed by atoms with E-state index in [1.165, 1.54) is 40.1 Å². The molecule has 2 heterocycles. The van der Waals surface area contributed by atoms with Gasteiger partial charge in [0, 0.05) is 51.5 Å². The number of benzene rings is 1. The zero-order valence-electron chi connectivity index (χ0n) is 18.6. The van der Waals surface area contributed by atoms with Gasteiger partial charge in [0.1, 0.15) is 0 Å². The molecule has 2 aliphatic rings. The van der Waals surface area contributed by atoms with E-state index < -0.39 is 35.5 Å². The first kappa shape index (κ1) is 22.9. The minimum absolute atomic E-state index is 0.259. The zero-order valence-corrected chi connectivity index (χ0v) is 18.6. The van der Waals surface area contributed by atoms with Gasteiger partial charge in [-0.1, -0.05) is 0 Å². The first-order chi connectivity index (χ1) is 14.8. The summed E-state index contributed by atoms with van der Waals surface area (Å²) >= 11 is 0. The molecule has 0 atom stereocenters. The van der Waals surface area contributed by atoms with E-state index in [9.17, 15) is 19.2 Å². The van der Waals surface area contributed by atoms with E-state index in [1.54, 1.807) is 12.1 Å². The molecule has 2 N–H and O–H groups in total. The number of anilines is 2. The van der Waals surface area contributed by atoms with Crippen LogP contribution in [0.25, 0.3) is 0 Å². The summed E-state index contributed by atoms with van der Waals surface area (Å²) in [4.78, 5) is 48.2. The average molecular weight is 444 g/mol. The normalized spacial score (nSPS) is 19.3. The van der Waals surface area contributed by atoms with Crippen LogP contribution < -0.4 is 10.6 Å². The van der Waals surface area contributed by atoms with Crippen molar-refractivity contribution in [1.29, 1.82) is 0 Å². The Morgan fingerprint density at radius 3 is 1.19 bits per heavy atom. The molecule has 170 valence electrons. The van der Waals surface area contributed by atoms with Crippen LogP contribution in [0.15, 0.2) is 35.7 Å². The monoisotopic (exact) mass is 444 g/mol. The van der Waals surface area contributed by atoms with Gasteiger partial charge in [-0.15, -0.1) is 0 Å². The Hall–Kier alpha value is -3.82. The van der Waals surface area contributed by atoms with E-state index in [-0.39, 0.29) is 11.1 Å². The number of nitrogens with one attached hydrogen (secondary N) is 2. The summed E-state index contributed by atoms with van der Waals surface area (Å²) in [6.45, 7) is 9.51. The van der Waals surface area contributed by atoms with Crippen molar-refractivity contribution >= 4 is 35.3 Å². The Labute approximate surface area is 184 Å². The number of hydrogen-bond acceptors (Lipinski definition) is 10. The summed E-state index contributed by atoms with van der Waals surface area (Å²) in [6, 6.07) is 3.40. The molecule has 0 saturated carbocycles. The Kier molecular flexibility index (Phi) is 5.73. The van der Waals surface area contributed by atoms with Gasteiger partial charge in [-0.05, 0) is 37.1 Å². The molecule has 2 fully saturated rings. The lowest BCUT2D eigenvalue weighted by atomic mass is 10.1. The van der Waals surface area contributed by atoms with E-state index in [0.717, 1.165) is 11.1 Å². The van der Waals surface area contributed by atoms with E-state index in [4.69, 9.17) is 18.9 Å². The highest BCUT2D eigenvalue weighted by atomic mass is 16.7. The largest absolute Gasteiger partial charge is 0.419 e. The predicted molar refractivity (Wildman–Crippen MR) is 112 cm³/mol. The fourth-order valence-corrected chi connectivity index (χ4v) is 2.99. The van der Waals surface area contributed by atoms with Crippen LogP contribution >= 0.6 is 0 Å². The van der Waals surface area contributed by atoms with Crippen molar-refractivity contribution in [1.82, 2.24) is 0 Å². The first-order valence-corrected chi connectivity index (χ1v) is 9.76. The fraction of sp³-hybridized carbons (Fsp3) is 0.364. The maximum Gasteiger partial charge on any atom is 0.350 e. The molecule has 0 unspecified atom stereocenters. The number of rotatable bonds is 4. The van der Waals surface area contributed by atoms with Gasteiger partial charge in [0.25, 0.3) is 11.6 Å². The molecular weight excluding hydrogens is 420 g/mol. The van der Waals surface area contributed by atoms with Gasteiger partial charge in [0.15, 0.2) is 11.1 Å². The molecular formula is C22H24N2O8. The molecule has 1 aromatic carbocycles.